The van der Waals surface area contributed by atoms with E-state index in [1.807, 2.05) is 12.3 Å². The predicted molar refractivity (Wildman–Crippen MR) is 78.6 cm³/mol. The summed E-state index contributed by atoms with van der Waals surface area (Å²) in [7, 11) is 2.11. The van der Waals surface area contributed by atoms with Crippen LogP contribution in [0.2, 0.25) is 5.15 Å². The van der Waals surface area contributed by atoms with Crippen LogP contribution < -0.4 is 4.90 Å². The Morgan fingerprint density at radius 2 is 1.94 bits per heavy atom. The first-order valence-electron chi connectivity index (χ1n) is 6.41. The van der Waals surface area contributed by atoms with E-state index >= 15 is 0 Å². The molecule has 1 saturated carbocycles. The van der Waals surface area contributed by atoms with E-state index in [4.69, 9.17) is 11.6 Å². The zero-order chi connectivity index (χ0) is 13.1. The van der Waals surface area contributed by atoms with Gasteiger partial charge < -0.3 is 4.90 Å². The molecule has 0 spiro atoms. The summed E-state index contributed by atoms with van der Waals surface area (Å²) in [4.78, 5) is 11.0. The van der Waals surface area contributed by atoms with Crippen molar-refractivity contribution < 1.29 is 0 Å². The summed E-state index contributed by atoms with van der Waals surface area (Å²) in [6, 6.07) is 2.45. The summed E-state index contributed by atoms with van der Waals surface area (Å²) >= 11 is 7.57. The second kappa shape index (κ2) is 6.11. The van der Waals surface area contributed by atoms with Gasteiger partial charge in [0.05, 0.1) is 0 Å². The fourth-order valence-electron chi connectivity index (χ4n) is 2.47. The number of hydrogen-bond acceptors (Lipinski definition) is 4. The standard InChI is InChI=1S/C13H20ClN3S/c1-9-4-6-10(7-5-9)17(2)12-8-11(14)15-13(16-12)18-3/h8-10H,4-7H2,1-3H3. The number of aromatic nitrogens is 2. The molecule has 1 heterocycles. The van der Waals surface area contributed by atoms with Gasteiger partial charge in [-0.1, -0.05) is 30.3 Å². The van der Waals surface area contributed by atoms with E-state index in [1.165, 1.54) is 37.4 Å². The van der Waals surface area contributed by atoms with Gasteiger partial charge in [0, 0.05) is 19.2 Å². The minimum atomic E-state index is 0.528. The van der Waals surface area contributed by atoms with Gasteiger partial charge in [-0.3, -0.25) is 0 Å². The van der Waals surface area contributed by atoms with Crippen molar-refractivity contribution in [3.05, 3.63) is 11.2 Å². The number of halogens is 1. The number of hydrogen-bond donors (Lipinski definition) is 0. The Morgan fingerprint density at radius 3 is 2.56 bits per heavy atom. The number of thioether (sulfide) groups is 1. The van der Waals surface area contributed by atoms with E-state index in [-0.39, 0.29) is 0 Å². The zero-order valence-corrected chi connectivity index (χ0v) is 12.8. The molecule has 1 aromatic rings. The summed E-state index contributed by atoms with van der Waals surface area (Å²) in [5.41, 5.74) is 0. The first-order valence-corrected chi connectivity index (χ1v) is 8.02. The summed E-state index contributed by atoms with van der Waals surface area (Å²) in [5, 5.41) is 1.27. The van der Waals surface area contributed by atoms with Crippen LogP contribution in [-0.2, 0) is 0 Å². The van der Waals surface area contributed by atoms with Crippen LogP contribution in [0.5, 0.6) is 0 Å². The average molecular weight is 286 g/mol. The van der Waals surface area contributed by atoms with Crippen LogP contribution in [0.25, 0.3) is 0 Å². The molecule has 0 amide bonds. The van der Waals surface area contributed by atoms with Gasteiger partial charge in [-0.25, -0.2) is 9.97 Å². The summed E-state index contributed by atoms with van der Waals surface area (Å²) in [5.74, 6) is 1.81. The smallest absolute Gasteiger partial charge is 0.190 e. The average Bonchev–Trinajstić information content (AvgIpc) is 2.38. The Balaban J connectivity index is 2.12. The Labute approximate surface area is 118 Å². The molecule has 1 aliphatic carbocycles. The normalized spacial score (nSPS) is 24.0. The van der Waals surface area contributed by atoms with Crippen molar-refractivity contribution in [1.82, 2.24) is 9.97 Å². The van der Waals surface area contributed by atoms with Gasteiger partial charge in [0.2, 0.25) is 0 Å². The van der Waals surface area contributed by atoms with E-state index in [1.54, 1.807) is 0 Å². The van der Waals surface area contributed by atoms with Gasteiger partial charge in [-0.05, 0) is 37.9 Å². The molecule has 0 aromatic carbocycles. The first kappa shape index (κ1) is 13.9. The Hall–Kier alpha value is -0.480. The third-order valence-electron chi connectivity index (χ3n) is 3.74. The molecule has 1 aromatic heterocycles. The molecule has 0 unspecified atom stereocenters. The van der Waals surface area contributed by atoms with Crippen LogP contribution in [0.3, 0.4) is 0 Å². The van der Waals surface area contributed by atoms with Gasteiger partial charge >= 0.3 is 0 Å². The van der Waals surface area contributed by atoms with E-state index in [0.29, 0.717) is 11.2 Å². The molecular formula is C13H20ClN3S. The molecule has 1 aliphatic rings. The summed E-state index contributed by atoms with van der Waals surface area (Å²) < 4.78 is 0. The van der Waals surface area contributed by atoms with Crippen molar-refractivity contribution in [2.45, 2.75) is 43.8 Å². The summed E-state index contributed by atoms with van der Waals surface area (Å²) in [6.07, 6.45) is 7.08. The highest BCUT2D eigenvalue weighted by atomic mass is 35.5. The number of rotatable bonds is 3. The molecule has 0 bridgehead atoms. The lowest BCUT2D eigenvalue weighted by Crippen LogP contribution is -2.35. The van der Waals surface area contributed by atoms with Gasteiger partial charge in [0.1, 0.15) is 11.0 Å². The monoisotopic (exact) mass is 285 g/mol. The lowest BCUT2D eigenvalue weighted by molar-refractivity contribution is 0.339. The van der Waals surface area contributed by atoms with Gasteiger partial charge in [0.25, 0.3) is 0 Å². The largest absolute Gasteiger partial charge is 0.357 e. The fourth-order valence-corrected chi connectivity index (χ4v) is 3.08. The van der Waals surface area contributed by atoms with E-state index in [2.05, 4.69) is 28.8 Å². The third-order valence-corrected chi connectivity index (χ3v) is 4.48. The fraction of sp³-hybridized carbons (Fsp3) is 0.692. The lowest BCUT2D eigenvalue weighted by atomic mass is 9.87. The van der Waals surface area contributed by atoms with Gasteiger partial charge in [-0.15, -0.1) is 0 Å². The van der Waals surface area contributed by atoms with Crippen molar-refractivity contribution in [2.75, 3.05) is 18.2 Å². The highest BCUT2D eigenvalue weighted by molar-refractivity contribution is 7.98. The Kier molecular flexibility index (Phi) is 4.73. The van der Waals surface area contributed by atoms with Crippen LogP contribution in [0.4, 0.5) is 5.82 Å². The molecule has 1 fully saturated rings. The van der Waals surface area contributed by atoms with Crippen LogP contribution in [0.15, 0.2) is 11.2 Å². The molecule has 18 heavy (non-hydrogen) atoms. The highest BCUT2D eigenvalue weighted by Crippen LogP contribution is 2.29. The van der Waals surface area contributed by atoms with Crippen molar-refractivity contribution >= 4 is 29.2 Å². The number of nitrogens with zero attached hydrogens (tertiary/aromatic N) is 3. The maximum absolute atomic E-state index is 6.04. The van der Waals surface area contributed by atoms with Crippen LogP contribution in [0, 0.1) is 5.92 Å². The molecule has 5 heteroatoms. The third kappa shape index (κ3) is 3.29. The van der Waals surface area contributed by atoms with Crippen LogP contribution >= 0.6 is 23.4 Å². The van der Waals surface area contributed by atoms with Gasteiger partial charge in [-0.2, -0.15) is 0 Å². The molecule has 0 aliphatic heterocycles. The zero-order valence-electron chi connectivity index (χ0n) is 11.2. The Morgan fingerprint density at radius 1 is 1.28 bits per heavy atom. The molecule has 0 saturated heterocycles. The van der Waals surface area contributed by atoms with Crippen molar-refractivity contribution in [2.24, 2.45) is 5.92 Å². The molecule has 0 atom stereocenters. The highest BCUT2D eigenvalue weighted by Gasteiger charge is 2.23. The first-order chi connectivity index (χ1) is 8.60. The molecule has 3 nitrogen and oxygen atoms in total. The van der Waals surface area contributed by atoms with Crippen molar-refractivity contribution in [3.63, 3.8) is 0 Å². The predicted octanol–water partition coefficient (Wildman–Crippen LogP) is 3.87. The van der Waals surface area contributed by atoms with E-state index in [9.17, 15) is 0 Å². The van der Waals surface area contributed by atoms with E-state index < -0.39 is 0 Å². The maximum atomic E-state index is 6.04. The van der Waals surface area contributed by atoms with E-state index in [0.717, 1.165) is 16.9 Å². The quantitative estimate of drug-likeness (QED) is 0.479. The topological polar surface area (TPSA) is 29.0 Å². The molecule has 0 N–H and O–H groups in total. The Bertz CT molecular complexity index is 405. The minimum absolute atomic E-state index is 0.528. The lowest BCUT2D eigenvalue weighted by Gasteiger charge is -2.34. The van der Waals surface area contributed by atoms with Crippen LogP contribution in [-0.4, -0.2) is 29.3 Å². The SMILES string of the molecule is CSc1nc(Cl)cc(N(C)C2CCC(C)CC2)n1. The minimum Gasteiger partial charge on any atom is -0.357 e. The second-order valence-electron chi connectivity index (χ2n) is 5.06. The number of anilines is 1. The maximum Gasteiger partial charge on any atom is 0.190 e. The summed E-state index contributed by atoms with van der Waals surface area (Å²) in [6.45, 7) is 2.34. The van der Waals surface area contributed by atoms with Crippen molar-refractivity contribution in [3.8, 4) is 0 Å². The van der Waals surface area contributed by atoms with Crippen molar-refractivity contribution in [1.29, 1.82) is 0 Å². The molecular weight excluding hydrogens is 266 g/mol. The second-order valence-corrected chi connectivity index (χ2v) is 6.22. The molecule has 100 valence electrons. The van der Waals surface area contributed by atoms with Crippen LogP contribution in [0.1, 0.15) is 32.6 Å². The molecule has 2 rings (SSSR count). The van der Waals surface area contributed by atoms with Gasteiger partial charge in [0.15, 0.2) is 5.16 Å². The molecule has 0 radical (unpaired) electrons.